The van der Waals surface area contributed by atoms with Crippen LogP contribution in [0.5, 0.6) is 0 Å². The first-order chi connectivity index (χ1) is 15.6. The molecule has 0 bridgehead atoms. The maximum atomic E-state index is 13.5. The lowest BCUT2D eigenvalue weighted by Crippen LogP contribution is -2.33. The molecule has 0 radical (unpaired) electrons. The van der Waals surface area contributed by atoms with Crippen molar-refractivity contribution in [3.63, 3.8) is 0 Å². The molecular formula is C25H27N3O5. The number of benzene rings is 1. The summed E-state index contributed by atoms with van der Waals surface area (Å²) >= 11 is 0. The van der Waals surface area contributed by atoms with Gasteiger partial charge in [0, 0.05) is 23.5 Å². The number of esters is 2. The van der Waals surface area contributed by atoms with Crippen LogP contribution in [0.2, 0.25) is 0 Å². The van der Waals surface area contributed by atoms with E-state index in [1.165, 1.54) is 24.1 Å². The molecule has 1 unspecified atom stereocenters. The number of aromatic nitrogens is 3. The van der Waals surface area contributed by atoms with Gasteiger partial charge >= 0.3 is 11.9 Å². The summed E-state index contributed by atoms with van der Waals surface area (Å²) in [6.07, 6.45) is 2.83. The summed E-state index contributed by atoms with van der Waals surface area (Å²) in [5, 5.41) is 0. The minimum Gasteiger partial charge on any atom is -0.465 e. The molecule has 0 fully saturated rings. The molecule has 0 saturated heterocycles. The number of rotatable bonds is 6. The van der Waals surface area contributed by atoms with E-state index in [2.05, 4.69) is 9.97 Å². The Morgan fingerprint density at radius 2 is 1.73 bits per heavy atom. The van der Waals surface area contributed by atoms with Crippen molar-refractivity contribution in [1.82, 2.24) is 14.5 Å². The first-order valence-corrected chi connectivity index (χ1v) is 10.5. The normalized spacial score (nSPS) is 12.2. The van der Waals surface area contributed by atoms with E-state index in [0.717, 1.165) is 5.56 Å². The molecule has 0 aliphatic heterocycles. The molecule has 0 N–H and O–H groups in total. The Hall–Kier alpha value is -3.81. The third kappa shape index (κ3) is 5.71. The Bertz CT molecular complexity index is 1200. The van der Waals surface area contributed by atoms with Crippen LogP contribution in [0.3, 0.4) is 0 Å². The summed E-state index contributed by atoms with van der Waals surface area (Å²) in [7, 11) is 1.30. The van der Waals surface area contributed by atoms with Crippen LogP contribution in [0.1, 0.15) is 55.2 Å². The van der Waals surface area contributed by atoms with Crippen LogP contribution in [-0.2, 0) is 20.8 Å². The number of nitrogens with zero attached hydrogens (tertiary/aromatic N) is 3. The number of ether oxygens (including phenoxy) is 2. The van der Waals surface area contributed by atoms with Gasteiger partial charge in [-0.05, 0) is 39.8 Å². The lowest BCUT2D eigenvalue weighted by molar-refractivity contribution is -0.156. The fourth-order valence-corrected chi connectivity index (χ4v) is 3.20. The summed E-state index contributed by atoms with van der Waals surface area (Å²) in [5.41, 5.74) is 0.800. The van der Waals surface area contributed by atoms with E-state index in [4.69, 9.17) is 9.47 Å². The second-order valence-electron chi connectivity index (χ2n) is 8.58. The lowest BCUT2D eigenvalue weighted by atomic mass is 10.0. The molecule has 1 atom stereocenters. The Morgan fingerprint density at radius 1 is 1.03 bits per heavy atom. The quantitative estimate of drug-likeness (QED) is 0.530. The monoisotopic (exact) mass is 449 g/mol. The molecule has 33 heavy (non-hydrogen) atoms. The van der Waals surface area contributed by atoms with E-state index in [-0.39, 0.29) is 17.7 Å². The molecule has 172 valence electrons. The summed E-state index contributed by atoms with van der Waals surface area (Å²) < 4.78 is 11.6. The molecule has 8 nitrogen and oxygen atoms in total. The third-order valence-electron chi connectivity index (χ3n) is 4.90. The summed E-state index contributed by atoms with van der Waals surface area (Å²) in [6, 6.07) is 12.5. The second kappa shape index (κ2) is 9.77. The molecule has 0 aliphatic rings. The van der Waals surface area contributed by atoms with Crippen LogP contribution in [-0.4, -0.2) is 39.2 Å². The number of hydrogen-bond acceptors (Lipinski definition) is 7. The maximum absolute atomic E-state index is 13.5. The van der Waals surface area contributed by atoms with Gasteiger partial charge in [0.25, 0.3) is 5.56 Å². The molecule has 0 spiro atoms. The van der Waals surface area contributed by atoms with Crippen molar-refractivity contribution in [3.8, 4) is 11.4 Å². The van der Waals surface area contributed by atoms with Crippen molar-refractivity contribution in [2.45, 2.75) is 45.8 Å². The smallest absolute Gasteiger partial charge is 0.339 e. The highest BCUT2D eigenvalue weighted by molar-refractivity contribution is 5.88. The molecule has 1 aromatic carbocycles. The topological polar surface area (TPSA) is 100 Å². The van der Waals surface area contributed by atoms with Crippen LogP contribution in [0.4, 0.5) is 0 Å². The highest BCUT2D eigenvalue weighted by atomic mass is 16.6. The predicted molar refractivity (Wildman–Crippen MR) is 123 cm³/mol. The predicted octanol–water partition coefficient (Wildman–Crippen LogP) is 3.59. The van der Waals surface area contributed by atoms with Crippen molar-refractivity contribution >= 4 is 11.9 Å². The number of carbonyl (C=O) groups excluding carboxylic acids is 2. The van der Waals surface area contributed by atoms with Crippen molar-refractivity contribution in [2.75, 3.05) is 7.11 Å². The zero-order chi connectivity index (χ0) is 24.2. The third-order valence-corrected chi connectivity index (χ3v) is 4.90. The van der Waals surface area contributed by atoms with Gasteiger partial charge in [0.05, 0.1) is 30.8 Å². The van der Waals surface area contributed by atoms with Crippen molar-refractivity contribution in [2.24, 2.45) is 0 Å². The Kier molecular flexibility index (Phi) is 7.06. The lowest BCUT2D eigenvalue weighted by Gasteiger charge is -2.22. The fraction of sp³-hybridized carbons (Fsp3) is 0.320. The van der Waals surface area contributed by atoms with Crippen LogP contribution in [0.15, 0.2) is 59.7 Å². The van der Waals surface area contributed by atoms with Gasteiger partial charge in [-0.15, -0.1) is 0 Å². The van der Waals surface area contributed by atoms with Gasteiger partial charge in [-0.2, -0.15) is 0 Å². The number of methoxy groups -OCH3 is 1. The van der Waals surface area contributed by atoms with Crippen molar-refractivity contribution in [1.29, 1.82) is 0 Å². The first kappa shape index (κ1) is 23.8. The molecule has 2 aromatic heterocycles. The molecular weight excluding hydrogens is 422 g/mol. The summed E-state index contributed by atoms with van der Waals surface area (Å²) in [6.45, 7) is 7.05. The van der Waals surface area contributed by atoms with Gasteiger partial charge in [-0.3, -0.25) is 19.1 Å². The minimum absolute atomic E-state index is 0.104. The van der Waals surface area contributed by atoms with Crippen LogP contribution >= 0.6 is 0 Å². The Morgan fingerprint density at radius 3 is 2.30 bits per heavy atom. The molecule has 0 aliphatic carbocycles. The van der Waals surface area contributed by atoms with Gasteiger partial charge in [0.15, 0.2) is 0 Å². The van der Waals surface area contributed by atoms with Gasteiger partial charge in [0.1, 0.15) is 11.4 Å². The Balaban J connectivity index is 2.05. The van der Waals surface area contributed by atoms with Gasteiger partial charge in [0.2, 0.25) is 0 Å². The first-order valence-electron chi connectivity index (χ1n) is 10.5. The minimum atomic E-state index is -0.796. The maximum Gasteiger partial charge on any atom is 0.339 e. The Labute approximate surface area is 192 Å². The average molecular weight is 450 g/mol. The van der Waals surface area contributed by atoms with Crippen molar-refractivity contribution in [3.05, 3.63) is 82.0 Å². The van der Waals surface area contributed by atoms with Crippen LogP contribution in [0, 0.1) is 0 Å². The molecule has 2 heterocycles. The molecule has 3 aromatic rings. The summed E-state index contributed by atoms with van der Waals surface area (Å²) in [4.78, 5) is 46.6. The molecule has 0 saturated carbocycles. The second-order valence-corrected chi connectivity index (χ2v) is 8.58. The number of pyridine rings is 1. The van der Waals surface area contributed by atoms with Crippen LogP contribution in [0.25, 0.3) is 11.4 Å². The standard InChI is InChI=1S/C25H27N3O5/c1-16(23(30)33-25(2,3)4)20-14-27-21(17-9-7-6-8-10-17)28(22(20)29)15-19-12-11-18(13-26-19)24(31)32-5/h6-14,16H,15H2,1-5H3. The van der Waals surface area contributed by atoms with E-state index >= 15 is 0 Å². The van der Waals surface area contributed by atoms with E-state index < -0.39 is 23.5 Å². The van der Waals surface area contributed by atoms with Gasteiger partial charge < -0.3 is 9.47 Å². The SMILES string of the molecule is COC(=O)c1ccc(Cn2c(-c3ccccc3)ncc(C(C)C(=O)OC(C)(C)C)c2=O)nc1. The molecule has 0 amide bonds. The van der Waals surface area contributed by atoms with Gasteiger partial charge in [-0.25, -0.2) is 9.78 Å². The zero-order valence-electron chi connectivity index (χ0n) is 19.4. The number of carbonyl (C=O) groups is 2. The fourth-order valence-electron chi connectivity index (χ4n) is 3.20. The van der Waals surface area contributed by atoms with E-state index in [1.54, 1.807) is 39.8 Å². The average Bonchev–Trinajstić information content (AvgIpc) is 2.79. The van der Waals surface area contributed by atoms with Gasteiger partial charge in [-0.1, -0.05) is 30.3 Å². The molecule has 3 rings (SSSR count). The summed E-state index contributed by atoms with van der Waals surface area (Å²) in [5.74, 6) is -1.35. The zero-order valence-corrected chi connectivity index (χ0v) is 19.4. The molecule has 8 heteroatoms. The van der Waals surface area contributed by atoms with E-state index in [9.17, 15) is 14.4 Å². The van der Waals surface area contributed by atoms with E-state index in [0.29, 0.717) is 17.1 Å². The highest BCUT2D eigenvalue weighted by Gasteiger charge is 2.27. The highest BCUT2D eigenvalue weighted by Crippen LogP contribution is 2.21. The van der Waals surface area contributed by atoms with E-state index in [1.807, 2.05) is 30.3 Å². The van der Waals surface area contributed by atoms with Crippen LogP contribution < -0.4 is 5.56 Å². The largest absolute Gasteiger partial charge is 0.465 e. The number of hydrogen-bond donors (Lipinski definition) is 0. The van der Waals surface area contributed by atoms with Crippen molar-refractivity contribution < 1.29 is 19.1 Å².